The first-order chi connectivity index (χ1) is 15.1. The number of rotatable bonds is 15. The first-order valence-electron chi connectivity index (χ1n) is 8.97. The molecule has 0 aliphatic heterocycles. The minimum Gasteiger partial charge on any atom is -0.481 e. The summed E-state index contributed by atoms with van der Waals surface area (Å²) in [6, 6.07) is -7.37. The lowest BCUT2D eigenvalue weighted by atomic mass is 10.1. The molecule has 17 heteroatoms. The second-order valence-corrected chi connectivity index (χ2v) is 6.59. The van der Waals surface area contributed by atoms with Crippen LogP contribution in [0.4, 0.5) is 0 Å². The maximum Gasteiger partial charge on any atom is 0.326 e. The van der Waals surface area contributed by atoms with Gasteiger partial charge < -0.3 is 47.8 Å². The fraction of sp³-hybridized carbons (Fsp3) is 0.500. The van der Waals surface area contributed by atoms with E-state index in [4.69, 9.17) is 31.9 Å². The van der Waals surface area contributed by atoms with E-state index in [9.17, 15) is 38.4 Å². The third kappa shape index (κ3) is 11.6. The Labute approximate surface area is 184 Å². The van der Waals surface area contributed by atoms with E-state index in [1.807, 2.05) is 16.0 Å². The van der Waals surface area contributed by atoms with Crippen LogP contribution in [0, 0.1) is 0 Å². The first-order valence-corrected chi connectivity index (χ1v) is 8.97. The third-order valence-electron chi connectivity index (χ3n) is 3.77. The van der Waals surface area contributed by atoms with Gasteiger partial charge in [-0.2, -0.15) is 0 Å². The standard InChI is InChI=1S/C16H23N5O12/c17-5(1-10(23)24)13(29)19-6(3-11(25)26)14(30)20-7(4-12(27)28)15(31)21-8(16(32)33)2-9(18)22/h5-8H,1-4,17H2,(H2,18,22)(H,19,29)(H,20,30)(H,21,31)(H,23,24)(H,25,26)(H,27,28)(H,32,33)/t5-,6-,7-,8-/m0/s1. The van der Waals surface area contributed by atoms with Crippen molar-refractivity contribution in [3.05, 3.63) is 0 Å². The van der Waals surface area contributed by atoms with Crippen LogP contribution in [0.5, 0.6) is 0 Å². The zero-order chi connectivity index (χ0) is 25.9. The molecule has 0 aromatic rings. The summed E-state index contributed by atoms with van der Waals surface area (Å²) in [5.74, 6) is -11.4. The van der Waals surface area contributed by atoms with Crippen molar-refractivity contribution in [2.75, 3.05) is 0 Å². The number of carboxylic acid groups (broad SMARTS) is 4. The van der Waals surface area contributed by atoms with Gasteiger partial charge in [0.25, 0.3) is 0 Å². The Balaban J connectivity index is 5.58. The number of amides is 4. The summed E-state index contributed by atoms with van der Waals surface area (Å²) in [4.78, 5) is 91.5. The quantitative estimate of drug-likeness (QED) is 0.107. The second-order valence-electron chi connectivity index (χ2n) is 6.59. The lowest BCUT2D eigenvalue weighted by molar-refractivity contribution is -0.145. The van der Waals surface area contributed by atoms with E-state index in [2.05, 4.69) is 0 Å². The van der Waals surface area contributed by atoms with Crippen LogP contribution in [0.1, 0.15) is 25.7 Å². The van der Waals surface area contributed by atoms with Crippen LogP contribution in [0.25, 0.3) is 0 Å². The highest BCUT2D eigenvalue weighted by molar-refractivity contribution is 5.97. The van der Waals surface area contributed by atoms with Crippen molar-refractivity contribution in [2.24, 2.45) is 11.5 Å². The molecule has 0 fully saturated rings. The Morgan fingerprint density at radius 3 is 1.27 bits per heavy atom. The molecule has 0 rings (SSSR count). The van der Waals surface area contributed by atoms with E-state index in [-0.39, 0.29) is 0 Å². The van der Waals surface area contributed by atoms with Gasteiger partial charge in [-0.15, -0.1) is 0 Å². The topological polar surface area (TPSA) is 306 Å². The van der Waals surface area contributed by atoms with Crippen LogP contribution in [0.2, 0.25) is 0 Å². The van der Waals surface area contributed by atoms with Gasteiger partial charge in [0.15, 0.2) is 0 Å². The number of nitrogens with one attached hydrogen (secondary N) is 3. The number of carboxylic acids is 4. The van der Waals surface area contributed by atoms with E-state index >= 15 is 0 Å². The van der Waals surface area contributed by atoms with Crippen molar-refractivity contribution in [3.63, 3.8) is 0 Å². The van der Waals surface area contributed by atoms with Gasteiger partial charge in [-0.1, -0.05) is 0 Å². The number of carbonyl (C=O) groups excluding carboxylic acids is 4. The van der Waals surface area contributed by atoms with Crippen LogP contribution in [-0.2, 0) is 38.4 Å². The molecule has 0 aromatic heterocycles. The molecular formula is C16H23N5O12. The fourth-order valence-corrected chi connectivity index (χ4v) is 2.27. The van der Waals surface area contributed by atoms with E-state index < -0.39 is 97.4 Å². The minimum absolute atomic E-state index is 0.853. The lowest BCUT2D eigenvalue weighted by Gasteiger charge is -2.23. The van der Waals surface area contributed by atoms with Crippen molar-refractivity contribution in [2.45, 2.75) is 49.9 Å². The Kier molecular flexibility index (Phi) is 11.5. The molecule has 0 bridgehead atoms. The zero-order valence-corrected chi connectivity index (χ0v) is 16.8. The van der Waals surface area contributed by atoms with Crippen LogP contribution in [0.15, 0.2) is 0 Å². The zero-order valence-electron chi connectivity index (χ0n) is 16.8. The highest BCUT2D eigenvalue weighted by Gasteiger charge is 2.33. The van der Waals surface area contributed by atoms with Gasteiger partial charge in [-0.3, -0.25) is 33.6 Å². The molecule has 4 amide bonds. The Bertz CT molecular complexity index is 829. The molecule has 33 heavy (non-hydrogen) atoms. The maximum absolute atomic E-state index is 12.4. The first kappa shape index (κ1) is 28.7. The van der Waals surface area contributed by atoms with E-state index in [0.29, 0.717) is 0 Å². The number of hydrogen-bond acceptors (Lipinski definition) is 9. The number of hydrogen-bond donors (Lipinski definition) is 9. The van der Waals surface area contributed by atoms with Crippen molar-refractivity contribution in [3.8, 4) is 0 Å². The van der Waals surface area contributed by atoms with Gasteiger partial charge in [0.1, 0.15) is 18.1 Å². The molecule has 0 aromatic carbocycles. The minimum atomic E-state index is -1.95. The Morgan fingerprint density at radius 1 is 0.576 bits per heavy atom. The van der Waals surface area contributed by atoms with Gasteiger partial charge in [-0.25, -0.2) is 4.79 Å². The lowest BCUT2D eigenvalue weighted by Crippen LogP contribution is -2.58. The summed E-state index contributed by atoms with van der Waals surface area (Å²) in [5.41, 5.74) is 10.2. The number of carbonyl (C=O) groups is 8. The molecule has 17 nitrogen and oxygen atoms in total. The number of aliphatic carboxylic acids is 4. The molecule has 0 unspecified atom stereocenters. The highest BCUT2D eigenvalue weighted by atomic mass is 16.4. The summed E-state index contributed by atoms with van der Waals surface area (Å²) < 4.78 is 0. The van der Waals surface area contributed by atoms with Crippen LogP contribution >= 0.6 is 0 Å². The van der Waals surface area contributed by atoms with Gasteiger partial charge in [0.2, 0.25) is 23.6 Å². The normalized spacial score (nSPS) is 14.0. The molecule has 184 valence electrons. The second kappa shape index (κ2) is 13.2. The SMILES string of the molecule is NC(=O)C[C@H](NC(=O)[C@H](CC(=O)O)NC(=O)[C@H](CC(=O)O)NC(=O)[C@@H](N)CC(=O)O)C(=O)O. The van der Waals surface area contributed by atoms with Crippen LogP contribution < -0.4 is 27.4 Å². The molecule has 0 aliphatic rings. The van der Waals surface area contributed by atoms with E-state index in [1.54, 1.807) is 0 Å². The summed E-state index contributed by atoms with van der Waals surface area (Å²) in [6.45, 7) is 0. The molecule has 11 N–H and O–H groups in total. The van der Waals surface area contributed by atoms with Crippen LogP contribution in [0.3, 0.4) is 0 Å². The van der Waals surface area contributed by atoms with E-state index in [0.717, 1.165) is 0 Å². The van der Waals surface area contributed by atoms with Gasteiger partial charge in [0, 0.05) is 0 Å². The maximum atomic E-state index is 12.4. The molecule has 0 aliphatic carbocycles. The largest absolute Gasteiger partial charge is 0.481 e. The molecule has 0 saturated carbocycles. The van der Waals surface area contributed by atoms with Gasteiger partial charge in [-0.05, 0) is 0 Å². The third-order valence-corrected chi connectivity index (χ3v) is 3.77. The Hall–Kier alpha value is -4.28. The summed E-state index contributed by atoms with van der Waals surface area (Å²) >= 11 is 0. The van der Waals surface area contributed by atoms with Gasteiger partial charge in [0.05, 0.1) is 31.7 Å². The summed E-state index contributed by atoms with van der Waals surface area (Å²) in [5, 5.41) is 41.1. The predicted molar refractivity (Wildman–Crippen MR) is 102 cm³/mol. The smallest absolute Gasteiger partial charge is 0.326 e. The average molecular weight is 477 g/mol. The highest BCUT2D eigenvalue weighted by Crippen LogP contribution is 2.02. The summed E-state index contributed by atoms with van der Waals surface area (Å²) in [6.07, 6.45) is -3.85. The predicted octanol–water partition coefficient (Wildman–Crippen LogP) is -4.85. The molecule has 0 radical (unpaired) electrons. The van der Waals surface area contributed by atoms with E-state index in [1.165, 1.54) is 0 Å². The molecule has 0 saturated heterocycles. The number of nitrogens with two attached hydrogens (primary N) is 2. The average Bonchev–Trinajstić information content (AvgIpc) is 2.64. The summed E-state index contributed by atoms with van der Waals surface area (Å²) in [7, 11) is 0. The molecule has 0 heterocycles. The number of primary amides is 1. The van der Waals surface area contributed by atoms with Crippen molar-refractivity contribution >= 4 is 47.5 Å². The van der Waals surface area contributed by atoms with Crippen LogP contribution in [-0.4, -0.2) is 92.1 Å². The molecule has 0 spiro atoms. The monoisotopic (exact) mass is 477 g/mol. The van der Waals surface area contributed by atoms with Crippen molar-refractivity contribution in [1.29, 1.82) is 0 Å². The van der Waals surface area contributed by atoms with Crippen molar-refractivity contribution < 1.29 is 58.8 Å². The van der Waals surface area contributed by atoms with Gasteiger partial charge >= 0.3 is 23.9 Å². The Morgan fingerprint density at radius 2 is 0.939 bits per heavy atom. The molecular weight excluding hydrogens is 454 g/mol. The molecule has 4 atom stereocenters. The fourth-order valence-electron chi connectivity index (χ4n) is 2.27. The van der Waals surface area contributed by atoms with Crippen molar-refractivity contribution in [1.82, 2.24) is 16.0 Å².